The van der Waals surface area contributed by atoms with Crippen LogP contribution in [0.25, 0.3) is 0 Å². The number of esters is 1. The molecule has 1 unspecified atom stereocenters. The lowest BCUT2D eigenvalue weighted by molar-refractivity contribution is -0.144. The van der Waals surface area contributed by atoms with Gasteiger partial charge in [0.2, 0.25) is 0 Å². The highest BCUT2D eigenvalue weighted by Gasteiger charge is 2.09. The van der Waals surface area contributed by atoms with E-state index in [1.807, 2.05) is 20.8 Å². The Hall–Kier alpha value is -0.790. The summed E-state index contributed by atoms with van der Waals surface area (Å²) in [7, 11) is 0. The quantitative estimate of drug-likeness (QED) is 0.462. The number of ether oxygens (including phenoxy) is 1. The van der Waals surface area contributed by atoms with Gasteiger partial charge in [0.1, 0.15) is 6.10 Å². The van der Waals surface area contributed by atoms with Crippen molar-refractivity contribution in [2.24, 2.45) is 5.92 Å². The van der Waals surface area contributed by atoms with Crippen molar-refractivity contribution in [3.63, 3.8) is 0 Å². The summed E-state index contributed by atoms with van der Waals surface area (Å²) in [6.45, 7) is 7.73. The molecule has 0 aliphatic carbocycles. The largest absolute Gasteiger partial charge is 0.459 e. The van der Waals surface area contributed by atoms with Crippen LogP contribution in [0.2, 0.25) is 0 Å². The molecule has 11 heavy (non-hydrogen) atoms. The van der Waals surface area contributed by atoms with Crippen LogP contribution < -0.4 is 0 Å². The van der Waals surface area contributed by atoms with Gasteiger partial charge < -0.3 is 4.74 Å². The van der Waals surface area contributed by atoms with Crippen LogP contribution >= 0.6 is 0 Å². The second kappa shape index (κ2) is 4.94. The molecule has 0 spiro atoms. The summed E-state index contributed by atoms with van der Waals surface area (Å²) in [6, 6.07) is 0. The molecule has 0 saturated heterocycles. The molecule has 0 amide bonds. The molecule has 2 heteroatoms. The van der Waals surface area contributed by atoms with Gasteiger partial charge in [0.15, 0.2) is 0 Å². The van der Waals surface area contributed by atoms with Crippen molar-refractivity contribution in [1.29, 1.82) is 0 Å². The fraction of sp³-hybridized carbons (Fsp3) is 0.667. The highest BCUT2D eigenvalue weighted by atomic mass is 16.5. The number of carbonyl (C=O) groups is 1. The molecule has 0 aromatic rings. The molecule has 0 aliphatic heterocycles. The van der Waals surface area contributed by atoms with Crippen LogP contribution in [-0.2, 0) is 9.53 Å². The van der Waals surface area contributed by atoms with Crippen LogP contribution in [0.4, 0.5) is 0 Å². The van der Waals surface area contributed by atoms with Gasteiger partial charge in [-0.1, -0.05) is 19.9 Å². The first-order chi connectivity index (χ1) is 5.07. The summed E-state index contributed by atoms with van der Waals surface area (Å²) in [5.41, 5.74) is 0. The van der Waals surface area contributed by atoms with Crippen molar-refractivity contribution in [2.45, 2.75) is 33.8 Å². The van der Waals surface area contributed by atoms with Crippen LogP contribution in [0.3, 0.4) is 0 Å². The van der Waals surface area contributed by atoms with Crippen molar-refractivity contribution in [2.75, 3.05) is 0 Å². The van der Waals surface area contributed by atoms with Gasteiger partial charge >= 0.3 is 5.97 Å². The van der Waals surface area contributed by atoms with E-state index < -0.39 is 0 Å². The predicted octanol–water partition coefficient (Wildman–Crippen LogP) is 2.15. The minimum absolute atomic E-state index is 0.00120. The third-order valence-electron chi connectivity index (χ3n) is 1.54. The molecule has 2 nitrogen and oxygen atoms in total. The number of allylic oxidation sites excluding steroid dienone is 1. The number of rotatable bonds is 3. The van der Waals surface area contributed by atoms with E-state index in [4.69, 9.17) is 4.74 Å². The van der Waals surface area contributed by atoms with Crippen LogP contribution in [-0.4, -0.2) is 12.1 Å². The van der Waals surface area contributed by atoms with E-state index in [2.05, 4.69) is 0 Å². The molecule has 0 aliphatic rings. The van der Waals surface area contributed by atoms with Crippen LogP contribution in [0.1, 0.15) is 27.7 Å². The van der Waals surface area contributed by atoms with Crippen LogP contribution in [0.5, 0.6) is 0 Å². The predicted molar refractivity (Wildman–Crippen MR) is 45.2 cm³/mol. The van der Waals surface area contributed by atoms with E-state index >= 15 is 0 Å². The average molecular weight is 156 g/mol. The molecular weight excluding hydrogens is 140 g/mol. The molecule has 0 aromatic carbocycles. The van der Waals surface area contributed by atoms with Crippen molar-refractivity contribution >= 4 is 5.97 Å². The molecule has 0 N–H and O–H groups in total. The summed E-state index contributed by atoms with van der Waals surface area (Å²) in [6.07, 6.45) is 3.10. The van der Waals surface area contributed by atoms with Gasteiger partial charge in [-0.25, -0.2) is 4.79 Å². The van der Waals surface area contributed by atoms with Crippen LogP contribution in [0.15, 0.2) is 12.2 Å². The summed E-state index contributed by atoms with van der Waals surface area (Å²) in [5.74, 6) is 0.123. The SMILES string of the molecule is CC=CC(=O)OC(C)C(C)C. The molecule has 0 aromatic heterocycles. The van der Waals surface area contributed by atoms with Crippen molar-refractivity contribution in [3.8, 4) is 0 Å². The minimum Gasteiger partial charge on any atom is -0.459 e. The van der Waals surface area contributed by atoms with Crippen molar-refractivity contribution in [1.82, 2.24) is 0 Å². The molecule has 0 fully saturated rings. The third-order valence-corrected chi connectivity index (χ3v) is 1.54. The zero-order chi connectivity index (χ0) is 8.85. The van der Waals surface area contributed by atoms with E-state index in [9.17, 15) is 4.79 Å². The van der Waals surface area contributed by atoms with E-state index in [1.165, 1.54) is 6.08 Å². The van der Waals surface area contributed by atoms with Gasteiger partial charge in [-0.2, -0.15) is 0 Å². The molecule has 0 heterocycles. The monoisotopic (exact) mass is 156 g/mol. The van der Waals surface area contributed by atoms with Crippen molar-refractivity contribution < 1.29 is 9.53 Å². The summed E-state index contributed by atoms with van der Waals surface area (Å²) < 4.78 is 5.03. The molecule has 0 bridgehead atoms. The zero-order valence-corrected chi connectivity index (χ0v) is 7.63. The Morgan fingerprint density at radius 1 is 1.36 bits per heavy atom. The molecule has 64 valence electrons. The minimum atomic E-state index is -0.256. The van der Waals surface area contributed by atoms with Gasteiger partial charge in [0.25, 0.3) is 0 Å². The first kappa shape index (κ1) is 10.2. The Bertz CT molecular complexity index is 148. The van der Waals surface area contributed by atoms with E-state index in [-0.39, 0.29) is 12.1 Å². The van der Waals surface area contributed by atoms with Gasteiger partial charge in [0.05, 0.1) is 0 Å². The Kier molecular flexibility index (Phi) is 4.59. The summed E-state index contributed by atoms with van der Waals surface area (Å²) in [5, 5.41) is 0. The fourth-order valence-corrected chi connectivity index (χ4v) is 0.495. The van der Waals surface area contributed by atoms with E-state index in [0.29, 0.717) is 5.92 Å². The lowest BCUT2D eigenvalue weighted by atomic mass is 10.1. The maximum atomic E-state index is 10.8. The smallest absolute Gasteiger partial charge is 0.330 e. The lowest BCUT2D eigenvalue weighted by Gasteiger charge is -2.14. The molecular formula is C9H16O2. The number of hydrogen-bond acceptors (Lipinski definition) is 2. The first-order valence-corrected chi connectivity index (χ1v) is 3.91. The molecule has 0 rings (SSSR count). The summed E-state index contributed by atoms with van der Waals surface area (Å²) >= 11 is 0. The lowest BCUT2D eigenvalue weighted by Crippen LogP contribution is -2.18. The first-order valence-electron chi connectivity index (χ1n) is 3.91. The van der Waals surface area contributed by atoms with E-state index in [0.717, 1.165) is 0 Å². The highest BCUT2D eigenvalue weighted by Crippen LogP contribution is 2.05. The second-order valence-corrected chi connectivity index (χ2v) is 2.89. The molecule has 0 radical (unpaired) electrons. The maximum Gasteiger partial charge on any atom is 0.330 e. The Balaban J connectivity index is 3.75. The topological polar surface area (TPSA) is 26.3 Å². The summed E-state index contributed by atoms with van der Waals surface area (Å²) in [4.78, 5) is 10.8. The van der Waals surface area contributed by atoms with Gasteiger partial charge in [-0.15, -0.1) is 0 Å². The maximum absolute atomic E-state index is 10.8. The van der Waals surface area contributed by atoms with Gasteiger partial charge in [0, 0.05) is 6.08 Å². The normalized spacial score (nSPS) is 13.9. The van der Waals surface area contributed by atoms with Crippen molar-refractivity contribution in [3.05, 3.63) is 12.2 Å². The highest BCUT2D eigenvalue weighted by molar-refractivity contribution is 5.81. The Morgan fingerprint density at radius 3 is 2.27 bits per heavy atom. The number of carbonyl (C=O) groups excluding carboxylic acids is 1. The van der Waals surface area contributed by atoms with Gasteiger partial charge in [-0.3, -0.25) is 0 Å². The third kappa shape index (κ3) is 4.59. The van der Waals surface area contributed by atoms with E-state index in [1.54, 1.807) is 13.0 Å². The van der Waals surface area contributed by atoms with Gasteiger partial charge in [-0.05, 0) is 19.8 Å². The van der Waals surface area contributed by atoms with Crippen LogP contribution in [0, 0.1) is 5.92 Å². The standard InChI is InChI=1S/C9H16O2/c1-5-6-9(10)11-8(4)7(2)3/h5-8H,1-4H3. The average Bonchev–Trinajstić information content (AvgIpc) is 1.87. The fourth-order valence-electron chi connectivity index (χ4n) is 0.495. The molecule has 0 saturated carbocycles. The number of hydrogen-bond donors (Lipinski definition) is 0. The Labute approximate surface area is 68.2 Å². The Morgan fingerprint density at radius 2 is 1.91 bits per heavy atom. The second-order valence-electron chi connectivity index (χ2n) is 2.89. The molecule has 1 atom stereocenters. The zero-order valence-electron chi connectivity index (χ0n) is 7.63.